The van der Waals surface area contributed by atoms with Crippen LogP contribution < -0.4 is 11.1 Å². The maximum Gasteiger partial charge on any atom is 0.372 e. The summed E-state index contributed by atoms with van der Waals surface area (Å²) in [5, 5.41) is 17.5. The van der Waals surface area contributed by atoms with Gasteiger partial charge in [0.05, 0.1) is 6.42 Å². The summed E-state index contributed by atoms with van der Waals surface area (Å²) in [5.74, 6) is -4.04. The van der Waals surface area contributed by atoms with Gasteiger partial charge in [0.25, 0.3) is 11.8 Å². The van der Waals surface area contributed by atoms with Gasteiger partial charge in [-0.1, -0.05) is 5.16 Å². The highest BCUT2D eigenvalue weighted by atomic mass is 32.1. The third-order valence-electron chi connectivity index (χ3n) is 3.95. The Hall–Kier alpha value is -3.26. The molecule has 1 aromatic heterocycles. The number of ether oxygens (including phenoxy) is 1. The fourth-order valence-electron chi connectivity index (χ4n) is 2.67. The van der Waals surface area contributed by atoms with Crippen molar-refractivity contribution >= 4 is 45.9 Å². The van der Waals surface area contributed by atoms with Gasteiger partial charge < -0.3 is 25.7 Å². The van der Waals surface area contributed by atoms with Crippen molar-refractivity contribution in [3.63, 3.8) is 0 Å². The smallest absolute Gasteiger partial charge is 0.372 e. The van der Waals surface area contributed by atoms with E-state index in [0.717, 1.165) is 11.3 Å². The summed E-state index contributed by atoms with van der Waals surface area (Å²) in [5.41, 5.74) is 3.18. The Kier molecular flexibility index (Phi) is 5.15. The second kappa shape index (κ2) is 7.40. The Bertz CT molecular complexity index is 870. The summed E-state index contributed by atoms with van der Waals surface area (Å²) in [6.07, 6.45) is -0.464. The number of carboxylic acid groups (broad SMARTS) is 1. The SMILES string of the molecule is CO/N=C(\C(=O)N[C@@H]1CON(C2(C(=O)O)CCC(=O)O2)C1=O)c1csc(N)n1. The molecule has 0 aliphatic carbocycles. The standard InChI is InChI=1S/C14H15N5O8S/c1-25-18-9(7-5-28-13(15)17-7)10(21)16-6-4-26-19(11(6)22)14(12(23)24)3-2-8(20)27-14/h5-6H,2-4H2,1H3,(H2,15,17)(H,16,21)(H,23,24)/b18-9-/t6-,14?/m1/s1. The van der Waals surface area contributed by atoms with E-state index in [2.05, 4.69) is 20.3 Å². The predicted molar refractivity (Wildman–Crippen MR) is 90.5 cm³/mol. The van der Waals surface area contributed by atoms with Crippen molar-refractivity contribution in [1.82, 2.24) is 15.4 Å². The van der Waals surface area contributed by atoms with Gasteiger partial charge in [-0.05, 0) is 0 Å². The lowest BCUT2D eigenvalue weighted by Crippen LogP contribution is -2.57. The zero-order valence-electron chi connectivity index (χ0n) is 14.4. The molecular formula is C14H15N5O8S. The first-order chi connectivity index (χ1) is 13.3. The van der Waals surface area contributed by atoms with Gasteiger partial charge in [0, 0.05) is 11.8 Å². The van der Waals surface area contributed by atoms with E-state index in [1.54, 1.807) is 0 Å². The maximum atomic E-state index is 12.6. The van der Waals surface area contributed by atoms with Crippen molar-refractivity contribution in [2.45, 2.75) is 24.6 Å². The quantitative estimate of drug-likeness (QED) is 0.280. The summed E-state index contributed by atoms with van der Waals surface area (Å²) < 4.78 is 4.84. The number of thiazole rings is 1. The molecule has 14 heteroatoms. The number of nitrogens with two attached hydrogens (primary N) is 1. The van der Waals surface area contributed by atoms with Crippen LogP contribution in [0.5, 0.6) is 0 Å². The van der Waals surface area contributed by atoms with Crippen LogP contribution in [0.15, 0.2) is 10.5 Å². The van der Waals surface area contributed by atoms with Gasteiger partial charge in [-0.3, -0.25) is 19.2 Å². The minimum Gasteiger partial charge on any atom is -0.477 e. The molecule has 3 heterocycles. The van der Waals surface area contributed by atoms with Crippen LogP contribution in [-0.4, -0.2) is 70.1 Å². The number of hydrogen-bond donors (Lipinski definition) is 3. The monoisotopic (exact) mass is 413 g/mol. The summed E-state index contributed by atoms with van der Waals surface area (Å²) in [6.45, 7) is -0.364. The maximum absolute atomic E-state index is 12.6. The lowest BCUT2D eigenvalue weighted by molar-refractivity contribution is -0.256. The number of amides is 2. The van der Waals surface area contributed by atoms with E-state index in [4.69, 9.17) is 15.3 Å². The number of nitrogens with one attached hydrogen (secondary N) is 1. The van der Waals surface area contributed by atoms with Crippen molar-refractivity contribution in [3.05, 3.63) is 11.1 Å². The Morgan fingerprint density at radius 1 is 1.54 bits per heavy atom. The second-order valence-electron chi connectivity index (χ2n) is 5.71. The van der Waals surface area contributed by atoms with E-state index in [-0.39, 0.29) is 36.0 Å². The van der Waals surface area contributed by atoms with E-state index >= 15 is 0 Å². The molecule has 1 aromatic rings. The zero-order valence-corrected chi connectivity index (χ0v) is 15.2. The molecule has 150 valence electrons. The Morgan fingerprint density at radius 2 is 2.29 bits per heavy atom. The van der Waals surface area contributed by atoms with Gasteiger partial charge in [0.15, 0.2) is 10.8 Å². The molecule has 2 saturated heterocycles. The zero-order chi connectivity index (χ0) is 20.5. The van der Waals surface area contributed by atoms with Crippen molar-refractivity contribution < 1.29 is 38.7 Å². The number of oxime groups is 1. The number of aromatic nitrogens is 1. The van der Waals surface area contributed by atoms with Gasteiger partial charge in [-0.2, -0.15) is 5.06 Å². The fourth-order valence-corrected chi connectivity index (χ4v) is 3.22. The molecule has 13 nitrogen and oxygen atoms in total. The molecule has 0 radical (unpaired) electrons. The predicted octanol–water partition coefficient (Wildman–Crippen LogP) is -1.55. The van der Waals surface area contributed by atoms with Crippen LogP contribution in [0, 0.1) is 0 Å². The minimum atomic E-state index is -2.26. The lowest BCUT2D eigenvalue weighted by Gasteiger charge is -2.30. The van der Waals surface area contributed by atoms with Gasteiger partial charge in [-0.15, -0.1) is 11.3 Å². The number of rotatable bonds is 6. The van der Waals surface area contributed by atoms with Gasteiger partial charge >= 0.3 is 17.7 Å². The number of nitrogen functional groups attached to an aromatic ring is 1. The van der Waals surface area contributed by atoms with E-state index in [1.165, 1.54) is 12.5 Å². The number of carboxylic acids is 1. The third-order valence-corrected chi connectivity index (χ3v) is 4.62. The van der Waals surface area contributed by atoms with Gasteiger partial charge in [-0.25, -0.2) is 9.78 Å². The van der Waals surface area contributed by atoms with Gasteiger partial charge in [0.1, 0.15) is 25.5 Å². The normalized spacial score (nSPS) is 25.0. The average molecular weight is 413 g/mol. The number of cyclic esters (lactones) is 1. The largest absolute Gasteiger partial charge is 0.477 e. The van der Waals surface area contributed by atoms with Gasteiger partial charge in [0.2, 0.25) is 0 Å². The van der Waals surface area contributed by atoms with E-state index in [0.29, 0.717) is 5.06 Å². The molecule has 0 saturated carbocycles. The topological polar surface area (TPSA) is 183 Å². The number of hydrogen-bond acceptors (Lipinski definition) is 11. The van der Waals surface area contributed by atoms with E-state index < -0.39 is 35.5 Å². The molecule has 2 aliphatic rings. The first-order valence-electron chi connectivity index (χ1n) is 7.84. The Balaban J connectivity index is 1.76. The summed E-state index contributed by atoms with van der Waals surface area (Å²) in [4.78, 5) is 61.8. The molecular weight excluding hydrogens is 398 g/mol. The molecule has 0 bridgehead atoms. The third kappa shape index (κ3) is 3.34. The highest BCUT2D eigenvalue weighted by Crippen LogP contribution is 2.34. The molecule has 1 unspecified atom stereocenters. The first-order valence-corrected chi connectivity index (χ1v) is 8.72. The van der Waals surface area contributed by atoms with Crippen LogP contribution in [0.2, 0.25) is 0 Å². The van der Waals surface area contributed by atoms with Crippen LogP contribution in [0.4, 0.5) is 5.13 Å². The number of nitrogens with zero attached hydrogens (tertiary/aromatic N) is 3. The Morgan fingerprint density at radius 3 is 2.82 bits per heavy atom. The van der Waals surface area contributed by atoms with Crippen LogP contribution in [0.25, 0.3) is 0 Å². The van der Waals surface area contributed by atoms with Crippen molar-refractivity contribution in [2.75, 3.05) is 19.5 Å². The number of carbonyl (C=O) groups excluding carboxylic acids is 3. The summed E-state index contributed by atoms with van der Waals surface area (Å²) in [6, 6.07) is -1.24. The minimum absolute atomic E-state index is 0.136. The highest BCUT2D eigenvalue weighted by Gasteiger charge is 2.59. The lowest BCUT2D eigenvalue weighted by atomic mass is 10.1. The molecule has 0 aromatic carbocycles. The number of esters is 1. The van der Waals surface area contributed by atoms with Crippen molar-refractivity contribution in [1.29, 1.82) is 0 Å². The van der Waals surface area contributed by atoms with Crippen LogP contribution in [-0.2, 0) is 33.6 Å². The second-order valence-corrected chi connectivity index (χ2v) is 6.60. The van der Waals surface area contributed by atoms with Crippen LogP contribution in [0.3, 0.4) is 0 Å². The molecule has 2 fully saturated rings. The highest BCUT2D eigenvalue weighted by molar-refractivity contribution is 7.13. The molecule has 4 N–H and O–H groups in total. The molecule has 2 aliphatic heterocycles. The number of aliphatic carboxylic acids is 1. The number of anilines is 1. The van der Waals surface area contributed by atoms with Crippen LogP contribution >= 0.6 is 11.3 Å². The number of hydroxylamine groups is 2. The van der Waals surface area contributed by atoms with E-state index in [9.17, 15) is 24.3 Å². The van der Waals surface area contributed by atoms with E-state index in [1.807, 2.05) is 0 Å². The first kappa shape index (κ1) is 19.5. The van der Waals surface area contributed by atoms with Crippen LogP contribution in [0.1, 0.15) is 18.5 Å². The summed E-state index contributed by atoms with van der Waals surface area (Å²) in [7, 11) is 1.22. The molecule has 3 rings (SSSR count). The molecule has 2 amide bonds. The fraction of sp³-hybridized carbons (Fsp3) is 0.429. The average Bonchev–Trinajstić information content (AvgIpc) is 3.33. The number of carbonyl (C=O) groups is 4. The molecule has 28 heavy (non-hydrogen) atoms. The van der Waals surface area contributed by atoms with Crippen molar-refractivity contribution in [2.24, 2.45) is 5.16 Å². The van der Waals surface area contributed by atoms with Crippen molar-refractivity contribution in [3.8, 4) is 0 Å². The summed E-state index contributed by atoms with van der Waals surface area (Å²) >= 11 is 1.08. The molecule has 0 spiro atoms. The molecule has 2 atom stereocenters. The Labute approximate surface area is 161 Å².